The van der Waals surface area contributed by atoms with Crippen LogP contribution in [-0.2, 0) is 20.8 Å². The molecule has 1 rings (SSSR count). The van der Waals surface area contributed by atoms with Gasteiger partial charge in [0, 0.05) is 28.9 Å². The highest BCUT2D eigenvalue weighted by Crippen LogP contribution is 2.24. The van der Waals surface area contributed by atoms with Crippen LogP contribution in [0.25, 0.3) is 0 Å². The molecule has 0 bridgehead atoms. The molecule has 0 saturated heterocycles. The zero-order valence-corrected chi connectivity index (χ0v) is 12.0. The Morgan fingerprint density at radius 2 is 2.18 bits per heavy atom. The fourth-order valence-corrected chi connectivity index (χ4v) is 4.27. The number of thiazole rings is 1. The molecular formula is C8H15N3O3S3. The molecule has 0 spiro atoms. The van der Waals surface area contributed by atoms with Gasteiger partial charge in [0.05, 0.1) is 5.69 Å². The van der Waals surface area contributed by atoms with E-state index in [1.807, 2.05) is 0 Å². The van der Waals surface area contributed by atoms with Crippen molar-refractivity contribution in [1.29, 1.82) is 0 Å². The van der Waals surface area contributed by atoms with E-state index >= 15 is 0 Å². The fraction of sp³-hybridized carbons (Fsp3) is 0.625. The molecule has 3 N–H and O–H groups in total. The molecule has 0 aliphatic carbocycles. The highest BCUT2D eigenvalue weighted by Gasteiger charge is 2.20. The first-order valence-corrected chi connectivity index (χ1v) is 8.73. The van der Waals surface area contributed by atoms with E-state index < -0.39 is 20.8 Å². The maximum absolute atomic E-state index is 11.8. The molecule has 0 amide bonds. The summed E-state index contributed by atoms with van der Waals surface area (Å²) in [6, 6.07) is 0. The van der Waals surface area contributed by atoms with E-state index in [2.05, 4.69) is 9.71 Å². The van der Waals surface area contributed by atoms with E-state index in [-0.39, 0.29) is 15.9 Å². The van der Waals surface area contributed by atoms with Gasteiger partial charge in [-0.1, -0.05) is 18.3 Å². The molecule has 0 radical (unpaired) electrons. The van der Waals surface area contributed by atoms with E-state index in [0.29, 0.717) is 17.2 Å². The van der Waals surface area contributed by atoms with Crippen LogP contribution in [0.4, 0.5) is 5.13 Å². The van der Waals surface area contributed by atoms with Gasteiger partial charge in [-0.3, -0.25) is 4.21 Å². The molecule has 1 aromatic heterocycles. The minimum Gasteiger partial charge on any atom is -0.375 e. The summed E-state index contributed by atoms with van der Waals surface area (Å²) in [6.07, 6.45) is 0. The second kappa shape index (κ2) is 5.89. The summed E-state index contributed by atoms with van der Waals surface area (Å²) in [5.41, 5.74) is 5.83. The lowest BCUT2D eigenvalue weighted by molar-refractivity contribution is 0.585. The van der Waals surface area contributed by atoms with Gasteiger partial charge >= 0.3 is 0 Å². The third-order valence-electron chi connectivity index (χ3n) is 1.96. The molecule has 1 aromatic rings. The molecule has 0 saturated carbocycles. The van der Waals surface area contributed by atoms with E-state index in [1.165, 1.54) is 0 Å². The zero-order valence-electron chi connectivity index (χ0n) is 9.60. The van der Waals surface area contributed by atoms with Crippen LogP contribution in [0.3, 0.4) is 0 Å². The minimum absolute atomic E-state index is 0.122. The summed E-state index contributed by atoms with van der Waals surface area (Å²) in [4.78, 5) is 3.85. The molecule has 98 valence electrons. The number of rotatable bonds is 6. The van der Waals surface area contributed by atoms with Gasteiger partial charge in [0.15, 0.2) is 9.34 Å². The van der Waals surface area contributed by atoms with Crippen molar-refractivity contribution in [2.75, 3.05) is 23.8 Å². The summed E-state index contributed by atoms with van der Waals surface area (Å²) in [5.74, 6) is 0.831. The summed E-state index contributed by atoms with van der Waals surface area (Å²) >= 11 is 0.926. The smallest absolute Gasteiger partial charge is 0.252 e. The van der Waals surface area contributed by atoms with Crippen LogP contribution >= 0.6 is 11.3 Å². The molecule has 17 heavy (non-hydrogen) atoms. The van der Waals surface area contributed by atoms with Crippen molar-refractivity contribution >= 4 is 37.3 Å². The third kappa shape index (κ3) is 4.02. The number of hydrogen-bond acceptors (Lipinski definition) is 6. The SMILES string of the molecule is CCS(=O)CCNS(=O)(=O)c1sc(N)nc1C. The number of sulfonamides is 1. The van der Waals surface area contributed by atoms with Gasteiger partial charge in [-0.05, 0) is 6.92 Å². The Labute approximate surface area is 107 Å². The Balaban J connectivity index is 2.70. The molecule has 1 unspecified atom stereocenters. The summed E-state index contributed by atoms with van der Waals surface area (Å²) < 4.78 is 37.3. The molecule has 0 aliphatic heterocycles. The van der Waals surface area contributed by atoms with Gasteiger partial charge in [-0.25, -0.2) is 18.1 Å². The monoisotopic (exact) mass is 297 g/mol. The van der Waals surface area contributed by atoms with Gasteiger partial charge in [-0.15, -0.1) is 0 Å². The van der Waals surface area contributed by atoms with Gasteiger partial charge in [0.1, 0.15) is 0 Å². The molecule has 9 heteroatoms. The number of nitrogen functional groups attached to an aromatic ring is 1. The lowest BCUT2D eigenvalue weighted by Gasteiger charge is -2.04. The number of hydrogen-bond donors (Lipinski definition) is 2. The van der Waals surface area contributed by atoms with Crippen LogP contribution < -0.4 is 10.5 Å². The maximum Gasteiger partial charge on any atom is 0.252 e. The van der Waals surface area contributed by atoms with Crippen molar-refractivity contribution in [1.82, 2.24) is 9.71 Å². The Kier molecular flexibility index (Phi) is 5.04. The lowest BCUT2D eigenvalue weighted by Crippen LogP contribution is -2.28. The Hall–Kier alpha value is -0.510. The number of anilines is 1. The average molecular weight is 297 g/mol. The van der Waals surface area contributed by atoms with Crippen molar-refractivity contribution in [2.45, 2.75) is 18.1 Å². The fourth-order valence-electron chi connectivity index (χ4n) is 1.15. The number of aryl methyl sites for hydroxylation is 1. The molecule has 1 atom stereocenters. The summed E-state index contributed by atoms with van der Waals surface area (Å²) in [6.45, 7) is 3.53. The van der Waals surface area contributed by atoms with E-state index in [4.69, 9.17) is 5.73 Å². The predicted molar refractivity (Wildman–Crippen MR) is 70.0 cm³/mol. The number of nitrogens with zero attached hydrogens (tertiary/aromatic N) is 1. The first kappa shape index (κ1) is 14.6. The average Bonchev–Trinajstić information content (AvgIpc) is 2.58. The molecule has 1 heterocycles. The standard InChI is InChI=1S/C8H15N3O3S3/c1-3-16(12)5-4-10-17(13,14)7-6(2)11-8(9)15-7/h10H,3-5H2,1-2H3,(H2,9,11). The van der Waals surface area contributed by atoms with Crippen molar-refractivity contribution < 1.29 is 12.6 Å². The van der Waals surface area contributed by atoms with Gasteiger partial charge < -0.3 is 5.73 Å². The largest absolute Gasteiger partial charge is 0.375 e. The van der Waals surface area contributed by atoms with Crippen LogP contribution in [0.5, 0.6) is 0 Å². The second-order valence-corrected chi connectivity index (χ2v) is 8.11. The maximum atomic E-state index is 11.8. The second-order valence-electron chi connectivity index (χ2n) is 3.26. The van der Waals surface area contributed by atoms with Gasteiger partial charge in [0.2, 0.25) is 0 Å². The molecular weight excluding hydrogens is 282 g/mol. The first-order chi connectivity index (χ1) is 7.86. The molecule has 0 fully saturated rings. The molecule has 0 aliphatic rings. The highest BCUT2D eigenvalue weighted by molar-refractivity contribution is 7.91. The van der Waals surface area contributed by atoms with Crippen molar-refractivity contribution in [3.05, 3.63) is 5.69 Å². The Bertz CT molecular complexity index is 509. The van der Waals surface area contributed by atoms with Crippen molar-refractivity contribution in [3.8, 4) is 0 Å². The van der Waals surface area contributed by atoms with Crippen LogP contribution in [0.15, 0.2) is 4.21 Å². The number of aromatic nitrogens is 1. The van der Waals surface area contributed by atoms with Gasteiger partial charge in [0.25, 0.3) is 10.0 Å². The predicted octanol–water partition coefficient (Wildman–Crippen LogP) is 0.0806. The zero-order chi connectivity index (χ0) is 13.1. The third-order valence-corrected chi connectivity index (χ3v) is 6.32. The lowest BCUT2D eigenvalue weighted by atomic mass is 10.6. The summed E-state index contributed by atoms with van der Waals surface area (Å²) in [5, 5.41) is 0.222. The van der Waals surface area contributed by atoms with Crippen LogP contribution in [-0.4, -0.2) is 35.7 Å². The van der Waals surface area contributed by atoms with Crippen LogP contribution in [0.2, 0.25) is 0 Å². The topological polar surface area (TPSA) is 102 Å². The summed E-state index contributed by atoms with van der Waals surface area (Å²) in [7, 11) is -4.56. The molecule has 6 nitrogen and oxygen atoms in total. The minimum atomic E-state index is -3.58. The number of nitrogens with two attached hydrogens (primary N) is 1. The Morgan fingerprint density at radius 1 is 1.53 bits per heavy atom. The van der Waals surface area contributed by atoms with E-state index in [9.17, 15) is 12.6 Å². The van der Waals surface area contributed by atoms with Crippen LogP contribution in [0, 0.1) is 6.92 Å². The normalized spacial score (nSPS) is 13.8. The van der Waals surface area contributed by atoms with Crippen molar-refractivity contribution in [3.63, 3.8) is 0 Å². The number of nitrogens with one attached hydrogen (secondary N) is 1. The van der Waals surface area contributed by atoms with Crippen molar-refractivity contribution in [2.24, 2.45) is 0 Å². The first-order valence-electron chi connectivity index (χ1n) is 4.94. The highest BCUT2D eigenvalue weighted by atomic mass is 32.2. The van der Waals surface area contributed by atoms with E-state index in [1.54, 1.807) is 13.8 Å². The van der Waals surface area contributed by atoms with Gasteiger partial charge in [-0.2, -0.15) is 0 Å². The van der Waals surface area contributed by atoms with Crippen LogP contribution in [0.1, 0.15) is 12.6 Å². The molecule has 0 aromatic carbocycles. The quantitative estimate of drug-likeness (QED) is 0.774. The Morgan fingerprint density at radius 3 is 2.65 bits per heavy atom. The van der Waals surface area contributed by atoms with E-state index in [0.717, 1.165) is 11.3 Å².